The van der Waals surface area contributed by atoms with Crippen molar-refractivity contribution < 1.29 is 5.11 Å². The lowest BCUT2D eigenvalue weighted by atomic mass is 9.33. The molecule has 176 valence electrons. The van der Waals surface area contributed by atoms with Crippen LogP contribution < -0.4 is 0 Å². The van der Waals surface area contributed by atoms with Crippen molar-refractivity contribution in [3.8, 4) is 0 Å². The Labute approximate surface area is 192 Å². The molecular weight excluding hydrogens is 376 g/mol. The molecule has 31 heavy (non-hydrogen) atoms. The lowest BCUT2D eigenvalue weighted by Gasteiger charge is -2.71. The van der Waals surface area contributed by atoms with E-state index in [1.54, 1.807) is 0 Å². The van der Waals surface area contributed by atoms with Crippen LogP contribution in [0.2, 0.25) is 0 Å². The smallest absolute Gasteiger partial charge is 0.0594 e. The summed E-state index contributed by atoms with van der Waals surface area (Å²) in [6.07, 6.45) is 15.9. The lowest BCUT2D eigenvalue weighted by molar-refractivity contribution is -0.202. The van der Waals surface area contributed by atoms with E-state index in [-0.39, 0.29) is 11.5 Å². The van der Waals surface area contributed by atoms with Gasteiger partial charge in [0, 0.05) is 0 Å². The molecule has 0 unspecified atom stereocenters. The van der Waals surface area contributed by atoms with Crippen LogP contribution in [0.1, 0.15) is 120 Å². The second-order valence-electron chi connectivity index (χ2n) is 15.2. The summed E-state index contributed by atoms with van der Waals surface area (Å²) < 4.78 is 0. The van der Waals surface area contributed by atoms with Crippen molar-refractivity contribution in [3.05, 3.63) is 11.6 Å². The summed E-state index contributed by atoms with van der Waals surface area (Å²) in [5.41, 5.74) is 4.09. The number of fused-ring (bicyclic) bond motifs is 7. The van der Waals surface area contributed by atoms with Crippen LogP contribution in [0.25, 0.3) is 0 Å². The van der Waals surface area contributed by atoms with Crippen LogP contribution in [0.4, 0.5) is 0 Å². The Bertz CT molecular complexity index is 790. The molecule has 0 aromatic carbocycles. The molecule has 8 atom stereocenters. The molecule has 1 nitrogen and oxygen atoms in total. The van der Waals surface area contributed by atoms with Gasteiger partial charge < -0.3 is 5.11 Å². The predicted octanol–water partition coefficient (Wildman–Crippen LogP) is 8.17. The zero-order valence-corrected chi connectivity index (χ0v) is 21.9. The average molecular weight is 427 g/mol. The van der Waals surface area contributed by atoms with Crippen LogP contribution in [0.15, 0.2) is 11.6 Å². The monoisotopic (exact) mass is 426 g/mol. The van der Waals surface area contributed by atoms with Crippen LogP contribution in [0, 0.1) is 50.2 Å². The molecule has 5 aliphatic carbocycles. The van der Waals surface area contributed by atoms with E-state index in [0.29, 0.717) is 33.0 Å². The van der Waals surface area contributed by atoms with E-state index >= 15 is 0 Å². The number of rotatable bonds is 0. The van der Waals surface area contributed by atoms with E-state index < -0.39 is 0 Å². The zero-order valence-electron chi connectivity index (χ0n) is 21.9. The summed E-state index contributed by atoms with van der Waals surface area (Å²) in [6.45, 7) is 20.4. The minimum absolute atomic E-state index is 0.0533. The first kappa shape index (κ1) is 22.5. The molecule has 4 fully saturated rings. The highest BCUT2D eigenvalue weighted by Crippen LogP contribution is 2.75. The third-order valence-electron chi connectivity index (χ3n) is 13.0. The summed E-state index contributed by atoms with van der Waals surface area (Å²) in [4.78, 5) is 0. The molecule has 0 aromatic heterocycles. The highest BCUT2D eigenvalue weighted by atomic mass is 16.3. The number of allylic oxidation sites excluding steroid dienone is 2. The molecule has 1 N–H and O–H groups in total. The highest BCUT2D eigenvalue weighted by molar-refractivity contribution is 5.33. The predicted molar refractivity (Wildman–Crippen MR) is 131 cm³/mol. The van der Waals surface area contributed by atoms with Gasteiger partial charge in [0.05, 0.1) is 6.10 Å². The maximum Gasteiger partial charge on any atom is 0.0594 e. The standard InChI is InChI=1S/C30H50O/c1-25(2)15-16-27(5)17-18-29(7)20(21(27)19-25)9-10-23-28(6)13-12-24(31)26(3,4)22(28)11-14-30(23,29)8/h9,21-24,31H,10-19H2,1-8H3/t21-,22+,23+,24-,27+,28-,29+,30+/m0/s1. The third kappa shape index (κ3) is 2.77. The van der Waals surface area contributed by atoms with Gasteiger partial charge in [0.2, 0.25) is 0 Å². The van der Waals surface area contributed by atoms with Crippen LogP contribution in [0.3, 0.4) is 0 Å². The number of hydrogen-bond acceptors (Lipinski definition) is 1. The van der Waals surface area contributed by atoms with Gasteiger partial charge in [0.1, 0.15) is 0 Å². The molecule has 1 heteroatoms. The SMILES string of the molecule is CC1(C)CC[C@]2(C)CC[C@]3(C)C(=CC[C@@H]4[C@@]5(C)CC[C@H](O)C(C)(C)[C@H]5CC[C@]43C)[C@@H]2C1. The van der Waals surface area contributed by atoms with Crippen molar-refractivity contribution in [1.29, 1.82) is 0 Å². The summed E-state index contributed by atoms with van der Waals surface area (Å²) >= 11 is 0. The van der Waals surface area contributed by atoms with E-state index in [1.165, 1.54) is 57.8 Å². The summed E-state index contributed by atoms with van der Waals surface area (Å²) in [5.74, 6) is 2.21. The zero-order chi connectivity index (χ0) is 22.7. The lowest BCUT2D eigenvalue weighted by Crippen LogP contribution is -2.64. The average Bonchev–Trinajstić information content (AvgIpc) is 2.67. The maximum atomic E-state index is 10.9. The molecular formula is C30H50O. The van der Waals surface area contributed by atoms with Crippen LogP contribution >= 0.6 is 0 Å². The largest absolute Gasteiger partial charge is 0.393 e. The fourth-order valence-corrected chi connectivity index (χ4v) is 10.5. The van der Waals surface area contributed by atoms with E-state index in [9.17, 15) is 5.11 Å². The quantitative estimate of drug-likeness (QED) is 0.387. The number of aliphatic hydroxyl groups excluding tert-OH is 1. The minimum Gasteiger partial charge on any atom is -0.393 e. The van der Waals surface area contributed by atoms with Crippen molar-refractivity contribution in [2.75, 3.05) is 0 Å². The van der Waals surface area contributed by atoms with Gasteiger partial charge >= 0.3 is 0 Å². The normalized spacial score (nSPS) is 55.2. The van der Waals surface area contributed by atoms with Gasteiger partial charge in [-0.2, -0.15) is 0 Å². The Morgan fingerprint density at radius 3 is 2.16 bits per heavy atom. The molecule has 4 saturated carbocycles. The topological polar surface area (TPSA) is 20.2 Å². The Hall–Kier alpha value is -0.300. The molecule has 0 saturated heterocycles. The second kappa shape index (κ2) is 6.43. The van der Waals surface area contributed by atoms with Crippen molar-refractivity contribution in [3.63, 3.8) is 0 Å². The molecule has 0 radical (unpaired) electrons. The molecule has 0 spiro atoms. The van der Waals surface area contributed by atoms with Crippen molar-refractivity contribution in [2.45, 2.75) is 126 Å². The van der Waals surface area contributed by atoms with Gasteiger partial charge in [0.25, 0.3) is 0 Å². The first-order valence-corrected chi connectivity index (χ1v) is 13.6. The van der Waals surface area contributed by atoms with E-state index in [0.717, 1.165) is 18.3 Å². The van der Waals surface area contributed by atoms with Gasteiger partial charge in [0.15, 0.2) is 0 Å². The second-order valence-corrected chi connectivity index (χ2v) is 15.2. The molecule has 0 bridgehead atoms. The Morgan fingerprint density at radius 1 is 0.774 bits per heavy atom. The molecule has 0 aliphatic heterocycles. The van der Waals surface area contributed by atoms with E-state index in [4.69, 9.17) is 0 Å². The first-order chi connectivity index (χ1) is 14.2. The van der Waals surface area contributed by atoms with Gasteiger partial charge in [-0.3, -0.25) is 0 Å². The van der Waals surface area contributed by atoms with Crippen LogP contribution in [0.5, 0.6) is 0 Å². The van der Waals surface area contributed by atoms with Crippen molar-refractivity contribution >= 4 is 0 Å². The number of aliphatic hydroxyl groups is 1. The Morgan fingerprint density at radius 2 is 1.45 bits per heavy atom. The first-order valence-electron chi connectivity index (χ1n) is 13.6. The van der Waals surface area contributed by atoms with Crippen molar-refractivity contribution in [1.82, 2.24) is 0 Å². The van der Waals surface area contributed by atoms with E-state index in [2.05, 4.69) is 61.5 Å². The van der Waals surface area contributed by atoms with E-state index in [1.807, 2.05) is 5.57 Å². The number of hydrogen-bond donors (Lipinski definition) is 1. The van der Waals surface area contributed by atoms with Gasteiger partial charge in [-0.15, -0.1) is 0 Å². The third-order valence-corrected chi connectivity index (χ3v) is 13.0. The van der Waals surface area contributed by atoms with Crippen LogP contribution in [-0.4, -0.2) is 11.2 Å². The summed E-state index contributed by atoms with van der Waals surface area (Å²) in [6, 6.07) is 0. The summed E-state index contributed by atoms with van der Waals surface area (Å²) in [5, 5.41) is 10.9. The Kier molecular flexibility index (Phi) is 4.66. The fourth-order valence-electron chi connectivity index (χ4n) is 10.5. The van der Waals surface area contributed by atoms with Gasteiger partial charge in [-0.25, -0.2) is 0 Å². The molecule has 0 heterocycles. The molecule has 0 aromatic rings. The molecule has 5 rings (SSSR count). The molecule has 0 amide bonds. The Balaban J connectivity index is 1.57. The van der Waals surface area contributed by atoms with Crippen LogP contribution in [-0.2, 0) is 0 Å². The molecule has 5 aliphatic rings. The summed E-state index contributed by atoms with van der Waals surface area (Å²) in [7, 11) is 0. The van der Waals surface area contributed by atoms with Gasteiger partial charge in [-0.05, 0) is 114 Å². The maximum absolute atomic E-state index is 10.9. The van der Waals surface area contributed by atoms with Gasteiger partial charge in [-0.1, -0.05) is 67.0 Å². The highest BCUT2D eigenvalue weighted by Gasteiger charge is 2.67. The minimum atomic E-state index is -0.125. The van der Waals surface area contributed by atoms with Crippen molar-refractivity contribution in [2.24, 2.45) is 50.2 Å². The fraction of sp³-hybridized carbons (Fsp3) is 0.933.